The molecule has 0 bridgehead atoms. The predicted molar refractivity (Wildman–Crippen MR) is 157 cm³/mol. The van der Waals surface area contributed by atoms with E-state index in [0.717, 1.165) is 11.8 Å². The van der Waals surface area contributed by atoms with Crippen LogP contribution in [0, 0.1) is 5.82 Å². The highest BCUT2D eigenvalue weighted by atomic mass is 32.2. The van der Waals surface area contributed by atoms with Gasteiger partial charge in [0.05, 0.1) is 28.5 Å². The second kappa shape index (κ2) is 10.6. The summed E-state index contributed by atoms with van der Waals surface area (Å²) < 4.78 is 47.1. The number of halogens is 1. The van der Waals surface area contributed by atoms with Crippen LogP contribution in [0.3, 0.4) is 0 Å². The molecular formula is C30H28FN5O5S. The number of carbonyl (C=O) groups is 2. The van der Waals surface area contributed by atoms with Crippen LogP contribution in [0.4, 0.5) is 10.1 Å². The molecule has 3 aromatic heterocycles. The Morgan fingerprint density at radius 2 is 1.93 bits per heavy atom. The Bertz CT molecular complexity index is 1920. The monoisotopic (exact) mass is 589 g/mol. The molecule has 2 amide bonds. The summed E-state index contributed by atoms with van der Waals surface area (Å²) in [7, 11) is -2.18. The third-order valence-electron chi connectivity index (χ3n) is 7.48. The number of aromatic amines is 1. The number of piperidine rings is 1. The maximum atomic E-state index is 13.6. The van der Waals surface area contributed by atoms with E-state index in [1.807, 2.05) is 6.07 Å². The van der Waals surface area contributed by atoms with Gasteiger partial charge in [0, 0.05) is 49.3 Å². The summed E-state index contributed by atoms with van der Waals surface area (Å²) in [5.41, 5.74) is 3.86. The van der Waals surface area contributed by atoms with Gasteiger partial charge in [-0.2, -0.15) is 0 Å². The molecule has 5 aromatic rings. The summed E-state index contributed by atoms with van der Waals surface area (Å²) >= 11 is 0. The molecule has 1 saturated heterocycles. The first-order valence-electron chi connectivity index (χ1n) is 13.4. The normalized spacial score (nSPS) is 15.7. The van der Waals surface area contributed by atoms with Gasteiger partial charge in [0.1, 0.15) is 22.9 Å². The van der Waals surface area contributed by atoms with Gasteiger partial charge in [-0.05, 0) is 66.9 Å². The number of nitrogens with one attached hydrogen (secondary N) is 3. The fraction of sp³-hybridized carbons (Fsp3) is 0.233. The lowest BCUT2D eigenvalue weighted by Crippen LogP contribution is -2.39. The number of furan rings is 1. The van der Waals surface area contributed by atoms with Crippen molar-refractivity contribution < 1.29 is 26.8 Å². The third kappa shape index (κ3) is 5.20. The summed E-state index contributed by atoms with van der Waals surface area (Å²) in [5.74, 6) is -1.02. The third-order valence-corrected chi connectivity index (χ3v) is 8.07. The number of rotatable bonds is 6. The minimum atomic E-state index is -3.68. The first-order chi connectivity index (χ1) is 20.1. The van der Waals surface area contributed by atoms with Crippen LogP contribution in [0.5, 0.6) is 0 Å². The summed E-state index contributed by atoms with van der Waals surface area (Å²) in [4.78, 5) is 35.8. The van der Waals surface area contributed by atoms with Crippen LogP contribution in [0.15, 0.2) is 65.2 Å². The maximum Gasteiger partial charge on any atom is 0.270 e. The molecule has 0 radical (unpaired) electrons. The molecule has 0 saturated carbocycles. The molecule has 1 aliphatic rings. The molecule has 3 N–H and O–H groups in total. The van der Waals surface area contributed by atoms with E-state index in [4.69, 9.17) is 4.42 Å². The molecule has 42 heavy (non-hydrogen) atoms. The minimum absolute atomic E-state index is 0.177. The number of carbonyl (C=O) groups excluding carboxylic acids is 2. The number of hydrogen-bond acceptors (Lipinski definition) is 6. The van der Waals surface area contributed by atoms with Crippen molar-refractivity contribution in [3.8, 4) is 11.3 Å². The van der Waals surface area contributed by atoms with E-state index >= 15 is 0 Å². The molecule has 2 aromatic carbocycles. The van der Waals surface area contributed by atoms with Gasteiger partial charge in [0.2, 0.25) is 10.0 Å². The molecule has 216 valence electrons. The summed E-state index contributed by atoms with van der Waals surface area (Å²) in [6, 6.07) is 14.3. The molecule has 12 heteroatoms. The number of hydrogen-bond donors (Lipinski definition) is 3. The maximum absolute atomic E-state index is 13.6. The number of anilines is 1. The number of H-pyrrole nitrogens is 1. The zero-order valence-electron chi connectivity index (χ0n) is 22.9. The predicted octanol–water partition coefficient (Wildman–Crippen LogP) is 4.87. The second-order valence-electron chi connectivity index (χ2n) is 10.4. The molecule has 0 spiro atoms. The summed E-state index contributed by atoms with van der Waals surface area (Å²) in [6.45, 7) is 0.878. The van der Waals surface area contributed by atoms with Crippen LogP contribution in [-0.4, -0.2) is 61.5 Å². The number of nitrogens with zero attached hydrogens (tertiary/aromatic N) is 2. The number of benzene rings is 2. The van der Waals surface area contributed by atoms with Crippen molar-refractivity contribution in [3.05, 3.63) is 83.4 Å². The molecule has 1 aliphatic heterocycles. The van der Waals surface area contributed by atoms with Crippen LogP contribution in [0.25, 0.3) is 33.3 Å². The van der Waals surface area contributed by atoms with E-state index < -0.39 is 21.7 Å². The fourth-order valence-corrected chi connectivity index (χ4v) is 6.17. The van der Waals surface area contributed by atoms with E-state index in [-0.39, 0.29) is 28.7 Å². The summed E-state index contributed by atoms with van der Waals surface area (Å²) in [5, 5.41) is 3.12. The number of sulfonamides is 1. The van der Waals surface area contributed by atoms with Gasteiger partial charge >= 0.3 is 0 Å². The molecule has 0 aliphatic carbocycles. The highest BCUT2D eigenvalue weighted by Crippen LogP contribution is 2.41. The van der Waals surface area contributed by atoms with Crippen molar-refractivity contribution in [1.82, 2.24) is 20.2 Å². The molecular weight excluding hydrogens is 561 g/mol. The van der Waals surface area contributed by atoms with Gasteiger partial charge in [-0.1, -0.05) is 0 Å². The Morgan fingerprint density at radius 3 is 2.64 bits per heavy atom. The van der Waals surface area contributed by atoms with Crippen molar-refractivity contribution in [1.29, 1.82) is 0 Å². The van der Waals surface area contributed by atoms with Gasteiger partial charge in [0.15, 0.2) is 0 Å². The topological polar surface area (TPSA) is 137 Å². The lowest BCUT2D eigenvalue weighted by molar-refractivity contribution is 0.0702. The number of aromatic nitrogens is 2. The smallest absolute Gasteiger partial charge is 0.270 e. The van der Waals surface area contributed by atoms with Crippen molar-refractivity contribution in [2.45, 2.75) is 18.8 Å². The van der Waals surface area contributed by atoms with Crippen molar-refractivity contribution in [2.75, 3.05) is 31.1 Å². The highest BCUT2D eigenvalue weighted by molar-refractivity contribution is 7.92. The molecule has 6 rings (SSSR count). The summed E-state index contributed by atoms with van der Waals surface area (Å²) in [6.07, 6.45) is 4.11. The Labute approximate surface area is 241 Å². The Hall–Kier alpha value is -4.71. The zero-order valence-corrected chi connectivity index (χ0v) is 23.7. The van der Waals surface area contributed by atoms with E-state index in [9.17, 15) is 22.4 Å². The largest absolute Gasteiger partial charge is 0.455 e. The molecule has 1 fully saturated rings. The van der Waals surface area contributed by atoms with Crippen LogP contribution in [0.1, 0.15) is 45.2 Å². The fourth-order valence-electron chi connectivity index (χ4n) is 5.60. The van der Waals surface area contributed by atoms with Gasteiger partial charge < -0.3 is 19.6 Å². The van der Waals surface area contributed by atoms with Crippen LogP contribution >= 0.6 is 0 Å². The molecule has 4 heterocycles. The second-order valence-corrected chi connectivity index (χ2v) is 12.2. The van der Waals surface area contributed by atoms with Crippen LogP contribution in [0.2, 0.25) is 0 Å². The van der Waals surface area contributed by atoms with E-state index in [1.165, 1.54) is 31.3 Å². The van der Waals surface area contributed by atoms with Gasteiger partial charge in [-0.25, -0.2) is 12.8 Å². The van der Waals surface area contributed by atoms with Crippen molar-refractivity contribution in [2.24, 2.45) is 0 Å². The first-order valence-corrected chi connectivity index (χ1v) is 15.3. The zero-order chi connectivity index (χ0) is 29.6. The number of likely N-dealkylation sites (tertiary alicyclic amines) is 1. The number of fused-ring (bicyclic) bond motifs is 2. The van der Waals surface area contributed by atoms with E-state index in [0.29, 0.717) is 59.3 Å². The average Bonchev–Trinajstić information content (AvgIpc) is 3.57. The van der Waals surface area contributed by atoms with Gasteiger partial charge in [0.25, 0.3) is 11.8 Å². The van der Waals surface area contributed by atoms with Crippen LogP contribution < -0.4 is 10.0 Å². The SMILES string of the molecule is CNC(=O)c1c(-c2ccc(F)cc2)oc2cc(NS(C)(=O)=O)c([C@@H]3CCCN(C(=O)c4cc5ncccc5[nH]4)C3)cc12. The Morgan fingerprint density at radius 1 is 1.14 bits per heavy atom. The Kier molecular flexibility index (Phi) is 6.93. The quantitative estimate of drug-likeness (QED) is 0.259. The molecule has 0 unspecified atom stereocenters. The van der Waals surface area contributed by atoms with Gasteiger partial charge in [-0.15, -0.1) is 0 Å². The first kappa shape index (κ1) is 27.5. The lowest BCUT2D eigenvalue weighted by Gasteiger charge is -2.33. The van der Waals surface area contributed by atoms with Crippen molar-refractivity contribution >= 4 is 49.5 Å². The number of amides is 2. The van der Waals surface area contributed by atoms with Gasteiger partial charge in [-0.3, -0.25) is 19.3 Å². The molecule has 1 atom stereocenters. The van der Waals surface area contributed by atoms with Crippen molar-refractivity contribution in [3.63, 3.8) is 0 Å². The Balaban J connectivity index is 1.44. The van der Waals surface area contributed by atoms with Crippen LogP contribution in [-0.2, 0) is 10.0 Å². The lowest BCUT2D eigenvalue weighted by atomic mass is 9.88. The van der Waals surface area contributed by atoms with E-state index in [2.05, 4.69) is 20.0 Å². The number of pyridine rings is 1. The molecule has 10 nitrogen and oxygen atoms in total. The van der Waals surface area contributed by atoms with E-state index in [1.54, 1.807) is 35.4 Å². The highest BCUT2D eigenvalue weighted by Gasteiger charge is 2.30. The standard InChI is InChI=1S/C30H28FN5O5S/c1-32-29(37)27-21-13-20(18-5-4-12-36(16-18)30(38)25-14-24-22(34-25)6-3-11-33-24)23(35-42(2,39)40)15-26(21)41-28(27)17-7-9-19(31)10-8-17/h3,6-11,13-15,18,34-35H,4-5,12,16H2,1-2H3,(H,32,37)/t18-/m1/s1. The minimum Gasteiger partial charge on any atom is -0.455 e. The average molecular weight is 590 g/mol.